The Morgan fingerprint density at radius 2 is 2.00 bits per heavy atom. The van der Waals surface area contributed by atoms with Gasteiger partial charge in [0.1, 0.15) is 0 Å². The summed E-state index contributed by atoms with van der Waals surface area (Å²) in [4.78, 5) is 5.64. The summed E-state index contributed by atoms with van der Waals surface area (Å²) < 4.78 is 5.22. The van der Waals surface area contributed by atoms with Gasteiger partial charge < -0.3 is 9.84 Å². The minimum Gasteiger partial charge on any atom is -0.338 e. The summed E-state index contributed by atoms with van der Waals surface area (Å²) in [7, 11) is 0. The molecule has 2 rings (SSSR count). The monoisotopic (exact) mass is 277 g/mol. The van der Waals surface area contributed by atoms with Gasteiger partial charge in [0.2, 0.25) is 11.7 Å². The summed E-state index contributed by atoms with van der Waals surface area (Å²) in [6.45, 7) is 6.92. The molecule has 0 radical (unpaired) electrons. The molecule has 0 aliphatic heterocycles. The highest BCUT2D eigenvalue weighted by atomic mass is 32.2. The Labute approximate surface area is 118 Å². The fraction of sp³-hybridized carbons (Fsp3) is 0.429. The fourth-order valence-corrected chi connectivity index (χ4v) is 2.26. The van der Waals surface area contributed by atoms with E-state index in [1.165, 1.54) is 4.90 Å². The molecule has 0 atom stereocenters. The number of aromatic nitrogens is 2. The Kier molecular flexibility index (Phi) is 4.99. The number of rotatable bonds is 6. The van der Waals surface area contributed by atoms with E-state index in [1.54, 1.807) is 0 Å². The first-order chi connectivity index (χ1) is 9.19. The number of benzene rings is 1. The Balaban J connectivity index is 2.05. The maximum Gasteiger partial charge on any atom is 0.240 e. The zero-order chi connectivity index (χ0) is 13.7. The molecule has 0 saturated carbocycles. The van der Waals surface area contributed by atoms with Gasteiger partial charge in [-0.2, -0.15) is 4.98 Å². The van der Waals surface area contributed by atoms with E-state index in [0.29, 0.717) is 24.3 Å². The molecule has 0 unspecified atom stereocenters. The van der Waals surface area contributed by atoms with E-state index in [-0.39, 0.29) is 0 Å². The van der Waals surface area contributed by atoms with E-state index >= 15 is 0 Å². The normalized spacial score (nSPS) is 11.2. The lowest BCUT2D eigenvalue weighted by molar-refractivity contribution is 0.362. The SMILES string of the molecule is CCSc1ccc(-c2noc(CNC(C)C)n2)cc1. The lowest BCUT2D eigenvalue weighted by Crippen LogP contribution is -2.21. The highest BCUT2D eigenvalue weighted by molar-refractivity contribution is 7.99. The average molecular weight is 277 g/mol. The predicted octanol–water partition coefficient (Wildman–Crippen LogP) is 3.35. The first-order valence-corrected chi connectivity index (χ1v) is 7.46. The van der Waals surface area contributed by atoms with Crippen molar-refractivity contribution in [2.45, 2.75) is 38.3 Å². The van der Waals surface area contributed by atoms with Gasteiger partial charge in [0.15, 0.2) is 0 Å². The van der Waals surface area contributed by atoms with Gasteiger partial charge in [-0.1, -0.05) is 25.9 Å². The zero-order valence-corrected chi connectivity index (χ0v) is 12.3. The summed E-state index contributed by atoms with van der Waals surface area (Å²) in [5.41, 5.74) is 0.986. The van der Waals surface area contributed by atoms with Crippen molar-refractivity contribution < 1.29 is 4.52 Å². The first-order valence-electron chi connectivity index (χ1n) is 6.48. The van der Waals surface area contributed by atoms with E-state index in [2.05, 4.69) is 48.4 Å². The third-order valence-corrected chi connectivity index (χ3v) is 3.45. The maximum absolute atomic E-state index is 5.22. The van der Waals surface area contributed by atoms with Gasteiger partial charge >= 0.3 is 0 Å². The van der Waals surface area contributed by atoms with Crippen molar-refractivity contribution >= 4 is 11.8 Å². The van der Waals surface area contributed by atoms with Crippen LogP contribution in [0.2, 0.25) is 0 Å². The Morgan fingerprint density at radius 3 is 2.63 bits per heavy atom. The number of hydrogen-bond donors (Lipinski definition) is 1. The highest BCUT2D eigenvalue weighted by Gasteiger charge is 2.08. The second-order valence-electron chi connectivity index (χ2n) is 4.50. The topological polar surface area (TPSA) is 51.0 Å². The van der Waals surface area contributed by atoms with E-state index in [9.17, 15) is 0 Å². The standard InChI is InChI=1S/C14H19N3OS/c1-4-19-12-7-5-11(6-8-12)14-16-13(18-17-14)9-15-10(2)3/h5-8,10,15H,4,9H2,1-3H3. The van der Waals surface area contributed by atoms with E-state index in [4.69, 9.17) is 4.52 Å². The van der Waals surface area contributed by atoms with Crippen molar-refractivity contribution in [1.29, 1.82) is 0 Å². The highest BCUT2D eigenvalue weighted by Crippen LogP contribution is 2.22. The van der Waals surface area contributed by atoms with Crippen LogP contribution in [0.25, 0.3) is 11.4 Å². The molecule has 1 heterocycles. The smallest absolute Gasteiger partial charge is 0.240 e. The van der Waals surface area contributed by atoms with E-state index < -0.39 is 0 Å². The maximum atomic E-state index is 5.22. The van der Waals surface area contributed by atoms with Crippen LogP contribution < -0.4 is 5.32 Å². The molecule has 0 amide bonds. The number of thioether (sulfide) groups is 1. The van der Waals surface area contributed by atoms with Gasteiger partial charge in [-0.15, -0.1) is 11.8 Å². The average Bonchev–Trinajstić information content (AvgIpc) is 2.86. The molecule has 0 spiro atoms. The minimum atomic E-state index is 0.403. The minimum absolute atomic E-state index is 0.403. The Morgan fingerprint density at radius 1 is 1.26 bits per heavy atom. The summed E-state index contributed by atoms with van der Waals surface area (Å²) in [5.74, 6) is 2.34. The number of nitrogens with one attached hydrogen (secondary N) is 1. The zero-order valence-electron chi connectivity index (χ0n) is 11.5. The second-order valence-corrected chi connectivity index (χ2v) is 5.84. The molecule has 0 fully saturated rings. The number of hydrogen-bond acceptors (Lipinski definition) is 5. The number of nitrogens with zero attached hydrogens (tertiary/aromatic N) is 2. The summed E-state index contributed by atoms with van der Waals surface area (Å²) in [6.07, 6.45) is 0. The molecule has 0 aliphatic rings. The molecule has 1 aromatic carbocycles. The molecule has 0 aliphatic carbocycles. The Hall–Kier alpha value is -1.33. The molecular formula is C14H19N3OS. The lowest BCUT2D eigenvalue weighted by Gasteiger charge is -2.03. The fourth-order valence-electron chi connectivity index (χ4n) is 1.60. The molecule has 102 valence electrons. The van der Waals surface area contributed by atoms with Crippen molar-refractivity contribution in [2.24, 2.45) is 0 Å². The lowest BCUT2D eigenvalue weighted by atomic mass is 10.2. The van der Waals surface area contributed by atoms with Crippen LogP contribution in [0.3, 0.4) is 0 Å². The first kappa shape index (κ1) is 14.1. The molecule has 1 aromatic heterocycles. The summed E-state index contributed by atoms with van der Waals surface area (Å²) in [6, 6.07) is 8.64. The van der Waals surface area contributed by atoms with Crippen LogP contribution in [0, 0.1) is 0 Å². The molecule has 5 heteroatoms. The van der Waals surface area contributed by atoms with Gasteiger partial charge in [-0.3, -0.25) is 0 Å². The van der Waals surface area contributed by atoms with Crippen molar-refractivity contribution in [3.63, 3.8) is 0 Å². The molecular weight excluding hydrogens is 258 g/mol. The van der Waals surface area contributed by atoms with Gasteiger partial charge in [-0.25, -0.2) is 0 Å². The van der Waals surface area contributed by atoms with Crippen LogP contribution in [0.4, 0.5) is 0 Å². The largest absolute Gasteiger partial charge is 0.338 e. The van der Waals surface area contributed by atoms with Gasteiger partial charge in [-0.05, 0) is 30.0 Å². The van der Waals surface area contributed by atoms with Crippen molar-refractivity contribution in [3.8, 4) is 11.4 Å². The van der Waals surface area contributed by atoms with Crippen LogP contribution >= 0.6 is 11.8 Å². The molecule has 2 aromatic rings. The van der Waals surface area contributed by atoms with Crippen LogP contribution in [0.5, 0.6) is 0 Å². The van der Waals surface area contributed by atoms with Crippen molar-refractivity contribution in [3.05, 3.63) is 30.2 Å². The van der Waals surface area contributed by atoms with Crippen LogP contribution in [0.15, 0.2) is 33.7 Å². The van der Waals surface area contributed by atoms with Crippen molar-refractivity contribution in [1.82, 2.24) is 15.5 Å². The van der Waals surface area contributed by atoms with Gasteiger partial charge in [0, 0.05) is 16.5 Å². The third-order valence-electron chi connectivity index (χ3n) is 2.55. The van der Waals surface area contributed by atoms with Crippen LogP contribution in [-0.4, -0.2) is 21.9 Å². The molecule has 4 nitrogen and oxygen atoms in total. The molecule has 0 bridgehead atoms. The summed E-state index contributed by atoms with van der Waals surface area (Å²) >= 11 is 1.82. The van der Waals surface area contributed by atoms with Gasteiger partial charge in [0.05, 0.1) is 6.54 Å². The third kappa shape index (κ3) is 4.08. The molecule has 1 N–H and O–H groups in total. The second kappa shape index (κ2) is 6.73. The van der Waals surface area contributed by atoms with Crippen molar-refractivity contribution in [2.75, 3.05) is 5.75 Å². The predicted molar refractivity (Wildman–Crippen MR) is 78.1 cm³/mol. The van der Waals surface area contributed by atoms with E-state index in [0.717, 1.165) is 11.3 Å². The van der Waals surface area contributed by atoms with Crippen LogP contribution in [-0.2, 0) is 6.54 Å². The summed E-state index contributed by atoms with van der Waals surface area (Å²) in [5, 5.41) is 7.26. The Bertz CT molecular complexity index is 508. The van der Waals surface area contributed by atoms with E-state index in [1.807, 2.05) is 23.9 Å². The van der Waals surface area contributed by atoms with Crippen LogP contribution in [0.1, 0.15) is 26.7 Å². The quantitative estimate of drug-likeness (QED) is 0.821. The van der Waals surface area contributed by atoms with Gasteiger partial charge in [0.25, 0.3) is 0 Å². The molecule has 19 heavy (non-hydrogen) atoms. The molecule has 0 saturated heterocycles.